The van der Waals surface area contributed by atoms with Crippen LogP contribution < -0.4 is 5.32 Å². The van der Waals surface area contributed by atoms with Crippen LogP contribution in [0.2, 0.25) is 0 Å². The molecule has 1 saturated heterocycles. The van der Waals surface area contributed by atoms with E-state index in [9.17, 15) is 13.2 Å². The second-order valence-corrected chi connectivity index (χ2v) is 8.21. The second kappa shape index (κ2) is 7.41. The fourth-order valence-electron chi connectivity index (χ4n) is 2.46. The number of carbonyl (C=O) groups is 1. The topological polar surface area (TPSA) is 93.5 Å². The van der Waals surface area contributed by atoms with Crippen molar-refractivity contribution in [2.45, 2.75) is 25.9 Å². The van der Waals surface area contributed by atoms with Gasteiger partial charge in [-0.05, 0) is 13.0 Å². The van der Waals surface area contributed by atoms with Gasteiger partial charge in [-0.1, -0.05) is 0 Å². The maximum Gasteiger partial charge on any atom is 0.222 e. The number of rotatable bonds is 7. The van der Waals surface area contributed by atoms with E-state index in [1.54, 1.807) is 10.9 Å². The first kappa shape index (κ1) is 17.9. The van der Waals surface area contributed by atoms with Gasteiger partial charge in [0.25, 0.3) is 0 Å². The van der Waals surface area contributed by atoms with Gasteiger partial charge in [0.15, 0.2) is 0 Å². The van der Waals surface area contributed by atoms with Crippen LogP contribution in [0.4, 0.5) is 0 Å². The van der Waals surface area contributed by atoms with Crippen LogP contribution in [0.15, 0.2) is 12.3 Å². The highest BCUT2D eigenvalue weighted by Crippen LogP contribution is 2.17. The van der Waals surface area contributed by atoms with Crippen LogP contribution in [0.1, 0.15) is 12.1 Å². The summed E-state index contributed by atoms with van der Waals surface area (Å²) in [6, 6.07) is 1.61. The normalized spacial score (nSPS) is 21.7. The Balaban J connectivity index is 1.86. The summed E-state index contributed by atoms with van der Waals surface area (Å²) in [4.78, 5) is 12.1. The lowest BCUT2D eigenvalue weighted by Gasteiger charge is -2.21. The molecule has 1 aromatic heterocycles. The predicted molar refractivity (Wildman–Crippen MR) is 85.3 cm³/mol. The van der Waals surface area contributed by atoms with Crippen molar-refractivity contribution in [2.24, 2.45) is 5.92 Å². The molecule has 1 fully saturated rings. The first-order chi connectivity index (χ1) is 10.8. The first-order valence-electron chi connectivity index (χ1n) is 7.55. The Morgan fingerprint density at radius 1 is 1.48 bits per heavy atom. The molecule has 1 aliphatic heterocycles. The third-order valence-electron chi connectivity index (χ3n) is 4.01. The minimum atomic E-state index is -3.32. The fraction of sp³-hybridized carbons (Fsp3) is 0.714. The molecule has 1 aliphatic rings. The third kappa shape index (κ3) is 4.76. The molecule has 0 bridgehead atoms. The van der Waals surface area contributed by atoms with Crippen molar-refractivity contribution >= 4 is 15.9 Å². The molecule has 0 aliphatic carbocycles. The van der Waals surface area contributed by atoms with Crippen LogP contribution in [-0.4, -0.2) is 67.5 Å². The van der Waals surface area contributed by atoms with Crippen molar-refractivity contribution in [3.63, 3.8) is 0 Å². The molecule has 1 amide bonds. The SMILES string of the molecule is Cc1ccnn1CCC(=O)N[C@@H]1COC[C@H]1CS(=O)(=O)N(C)C. The van der Waals surface area contributed by atoms with Crippen molar-refractivity contribution in [3.8, 4) is 0 Å². The highest BCUT2D eigenvalue weighted by atomic mass is 32.2. The lowest BCUT2D eigenvalue weighted by atomic mass is 10.1. The summed E-state index contributed by atoms with van der Waals surface area (Å²) in [7, 11) is -0.306. The minimum Gasteiger partial charge on any atom is -0.379 e. The van der Waals surface area contributed by atoms with E-state index in [1.807, 2.05) is 13.0 Å². The lowest BCUT2D eigenvalue weighted by molar-refractivity contribution is -0.122. The highest BCUT2D eigenvalue weighted by molar-refractivity contribution is 7.89. The summed E-state index contributed by atoms with van der Waals surface area (Å²) in [6.07, 6.45) is 1.99. The molecule has 2 atom stereocenters. The zero-order valence-corrected chi connectivity index (χ0v) is 14.5. The molecule has 8 nitrogen and oxygen atoms in total. The zero-order chi connectivity index (χ0) is 17.0. The molecule has 0 unspecified atom stereocenters. The molecule has 0 radical (unpaired) electrons. The van der Waals surface area contributed by atoms with Gasteiger partial charge < -0.3 is 10.1 Å². The fourth-order valence-corrected chi connectivity index (χ4v) is 3.63. The Kier molecular flexibility index (Phi) is 5.77. The predicted octanol–water partition coefficient (Wildman–Crippen LogP) is -0.396. The Morgan fingerprint density at radius 2 is 2.22 bits per heavy atom. The van der Waals surface area contributed by atoms with E-state index in [2.05, 4.69) is 10.4 Å². The molecule has 0 saturated carbocycles. The van der Waals surface area contributed by atoms with Crippen molar-refractivity contribution in [1.82, 2.24) is 19.4 Å². The zero-order valence-electron chi connectivity index (χ0n) is 13.7. The molecule has 0 spiro atoms. The summed E-state index contributed by atoms with van der Waals surface area (Å²) in [5, 5.41) is 7.01. The molecule has 0 aromatic carbocycles. The van der Waals surface area contributed by atoms with E-state index in [1.165, 1.54) is 18.4 Å². The van der Waals surface area contributed by atoms with E-state index in [0.29, 0.717) is 26.2 Å². The summed E-state index contributed by atoms with van der Waals surface area (Å²) in [5.74, 6) is -0.371. The minimum absolute atomic E-state index is 0.0246. The largest absolute Gasteiger partial charge is 0.379 e. The highest BCUT2D eigenvalue weighted by Gasteiger charge is 2.34. The summed E-state index contributed by atoms with van der Waals surface area (Å²) in [5.41, 5.74) is 0.997. The number of nitrogens with one attached hydrogen (secondary N) is 1. The van der Waals surface area contributed by atoms with Crippen LogP contribution in [-0.2, 0) is 26.1 Å². The Labute approximate surface area is 136 Å². The molecular weight excluding hydrogens is 320 g/mol. The van der Waals surface area contributed by atoms with Gasteiger partial charge in [-0.3, -0.25) is 9.48 Å². The van der Waals surface area contributed by atoms with Gasteiger partial charge in [0, 0.05) is 44.9 Å². The van der Waals surface area contributed by atoms with Crippen LogP contribution in [0, 0.1) is 12.8 Å². The number of carbonyl (C=O) groups excluding carboxylic acids is 1. The number of amides is 1. The van der Waals surface area contributed by atoms with E-state index >= 15 is 0 Å². The van der Waals surface area contributed by atoms with Gasteiger partial charge in [0.2, 0.25) is 15.9 Å². The van der Waals surface area contributed by atoms with Crippen LogP contribution in [0.3, 0.4) is 0 Å². The van der Waals surface area contributed by atoms with Crippen molar-refractivity contribution in [1.29, 1.82) is 0 Å². The van der Waals surface area contributed by atoms with E-state index < -0.39 is 10.0 Å². The second-order valence-electron chi connectivity index (χ2n) is 5.98. The first-order valence-corrected chi connectivity index (χ1v) is 9.16. The van der Waals surface area contributed by atoms with E-state index in [4.69, 9.17) is 4.74 Å². The lowest BCUT2D eigenvalue weighted by Crippen LogP contribution is -2.43. The summed E-state index contributed by atoms with van der Waals surface area (Å²) in [6.45, 7) is 3.12. The van der Waals surface area contributed by atoms with Gasteiger partial charge in [-0.15, -0.1) is 0 Å². The molecule has 1 aromatic rings. The Morgan fingerprint density at radius 3 is 2.83 bits per heavy atom. The maximum atomic E-state index is 12.1. The maximum absolute atomic E-state index is 12.1. The van der Waals surface area contributed by atoms with Gasteiger partial charge in [0.1, 0.15) is 0 Å². The number of hydrogen-bond acceptors (Lipinski definition) is 5. The van der Waals surface area contributed by atoms with Crippen molar-refractivity contribution < 1.29 is 17.9 Å². The number of nitrogens with zero attached hydrogens (tertiary/aromatic N) is 3. The standard InChI is InChI=1S/C14H24N4O4S/c1-11-4-6-15-18(11)7-5-14(19)16-13-9-22-8-12(13)10-23(20,21)17(2)3/h4,6,12-13H,5,7-10H2,1-3H3,(H,16,19)/t12-,13+/m0/s1. The van der Waals surface area contributed by atoms with E-state index in [-0.39, 0.29) is 23.6 Å². The average Bonchev–Trinajstić information content (AvgIpc) is 3.06. The number of aromatic nitrogens is 2. The van der Waals surface area contributed by atoms with Gasteiger partial charge in [0.05, 0.1) is 25.0 Å². The smallest absolute Gasteiger partial charge is 0.222 e. The molecule has 1 N–H and O–H groups in total. The molecule has 9 heteroatoms. The van der Waals surface area contributed by atoms with Crippen molar-refractivity contribution in [2.75, 3.05) is 33.1 Å². The average molecular weight is 344 g/mol. The Hall–Kier alpha value is -1.45. The molecule has 2 heterocycles. The molecular formula is C14H24N4O4S. The number of hydrogen-bond donors (Lipinski definition) is 1. The van der Waals surface area contributed by atoms with Crippen LogP contribution in [0.5, 0.6) is 0 Å². The third-order valence-corrected chi connectivity index (χ3v) is 5.97. The number of sulfonamides is 1. The van der Waals surface area contributed by atoms with Gasteiger partial charge in [-0.25, -0.2) is 12.7 Å². The summed E-state index contributed by atoms with van der Waals surface area (Å²) < 4.78 is 32.3. The summed E-state index contributed by atoms with van der Waals surface area (Å²) >= 11 is 0. The monoisotopic (exact) mass is 344 g/mol. The van der Waals surface area contributed by atoms with Crippen molar-refractivity contribution in [3.05, 3.63) is 18.0 Å². The van der Waals surface area contributed by atoms with E-state index in [0.717, 1.165) is 5.69 Å². The molecule has 23 heavy (non-hydrogen) atoms. The van der Waals surface area contributed by atoms with Gasteiger partial charge >= 0.3 is 0 Å². The molecule has 130 valence electrons. The van der Waals surface area contributed by atoms with Crippen LogP contribution >= 0.6 is 0 Å². The molecule has 2 rings (SSSR count). The quantitative estimate of drug-likeness (QED) is 0.727. The number of ether oxygens (including phenoxy) is 1. The number of aryl methyl sites for hydroxylation is 2. The Bertz CT molecular complexity index is 641. The van der Waals surface area contributed by atoms with Crippen LogP contribution in [0.25, 0.3) is 0 Å². The van der Waals surface area contributed by atoms with Gasteiger partial charge in [-0.2, -0.15) is 5.10 Å².